The van der Waals surface area contributed by atoms with Gasteiger partial charge in [-0.2, -0.15) is 0 Å². The fraction of sp³-hybridized carbons (Fsp3) is 0.348. The summed E-state index contributed by atoms with van der Waals surface area (Å²) in [5, 5.41) is 0. The molecule has 0 N–H and O–H groups in total. The summed E-state index contributed by atoms with van der Waals surface area (Å²) in [6.45, 7) is 4.97. The van der Waals surface area contributed by atoms with Crippen molar-refractivity contribution in [3.8, 4) is 23.0 Å². The number of aryl methyl sites for hydroxylation is 2. The molecule has 2 aromatic rings. The summed E-state index contributed by atoms with van der Waals surface area (Å²) in [6.07, 6.45) is 0. The molecule has 0 aliphatic rings. The van der Waals surface area contributed by atoms with Crippen LogP contribution in [0.3, 0.4) is 0 Å². The fourth-order valence-corrected chi connectivity index (χ4v) is 3.39. The number of carbonyl (C=O) groups is 3. The van der Waals surface area contributed by atoms with Crippen molar-refractivity contribution in [2.45, 2.75) is 20.8 Å². The lowest BCUT2D eigenvalue weighted by Crippen LogP contribution is -2.17. The molecule has 0 unspecified atom stereocenters. The topological polar surface area (TPSA) is 107 Å². The van der Waals surface area contributed by atoms with Gasteiger partial charge in [0.05, 0.1) is 35.5 Å². The maximum Gasteiger partial charge on any atom is 0.347 e. The predicted octanol–water partition coefficient (Wildman–Crippen LogP) is 3.43. The molecule has 0 heterocycles. The van der Waals surface area contributed by atoms with E-state index in [0.717, 1.165) is 0 Å². The van der Waals surface area contributed by atoms with Crippen LogP contribution in [-0.2, 0) is 9.47 Å². The van der Waals surface area contributed by atoms with E-state index in [1.54, 1.807) is 20.8 Å². The lowest BCUT2D eigenvalue weighted by molar-refractivity contribution is 0.0585. The van der Waals surface area contributed by atoms with Crippen molar-refractivity contribution in [3.05, 3.63) is 45.5 Å². The van der Waals surface area contributed by atoms with Crippen LogP contribution in [0.2, 0.25) is 0 Å². The Hall–Kier alpha value is -3.75. The van der Waals surface area contributed by atoms with Crippen molar-refractivity contribution in [3.63, 3.8) is 0 Å². The monoisotopic (exact) mass is 446 g/mol. The van der Waals surface area contributed by atoms with Crippen molar-refractivity contribution < 1.29 is 42.8 Å². The van der Waals surface area contributed by atoms with Gasteiger partial charge in [0.15, 0.2) is 5.75 Å². The summed E-state index contributed by atoms with van der Waals surface area (Å²) in [4.78, 5) is 37.7. The molecule has 0 spiro atoms. The number of hydrogen-bond donors (Lipinski definition) is 0. The van der Waals surface area contributed by atoms with Crippen LogP contribution in [0.5, 0.6) is 23.0 Å². The van der Waals surface area contributed by atoms with Gasteiger partial charge in [-0.05, 0) is 44.0 Å². The lowest BCUT2D eigenvalue weighted by atomic mass is 10.0. The molecule has 2 rings (SSSR count). The molecule has 0 amide bonds. The Morgan fingerprint density at radius 1 is 0.594 bits per heavy atom. The first-order valence-electron chi connectivity index (χ1n) is 9.49. The summed E-state index contributed by atoms with van der Waals surface area (Å²) < 4.78 is 31.3. The highest BCUT2D eigenvalue weighted by atomic mass is 16.5. The number of hydrogen-bond acceptors (Lipinski definition) is 9. The molecule has 2 aromatic carbocycles. The van der Waals surface area contributed by atoms with Crippen LogP contribution >= 0.6 is 0 Å². The number of ether oxygens (including phenoxy) is 6. The fourth-order valence-electron chi connectivity index (χ4n) is 3.39. The minimum absolute atomic E-state index is 0.0294. The van der Waals surface area contributed by atoms with Gasteiger partial charge in [-0.15, -0.1) is 0 Å². The number of esters is 3. The molecular formula is C23H26O9. The van der Waals surface area contributed by atoms with Gasteiger partial charge >= 0.3 is 17.9 Å². The molecule has 0 bridgehead atoms. The minimum Gasteiger partial charge on any atom is -0.496 e. The van der Waals surface area contributed by atoms with Gasteiger partial charge in [-0.1, -0.05) is 0 Å². The normalized spacial score (nSPS) is 10.2. The van der Waals surface area contributed by atoms with Gasteiger partial charge in [0, 0.05) is 5.56 Å². The Labute approximate surface area is 186 Å². The van der Waals surface area contributed by atoms with Gasteiger partial charge in [0.2, 0.25) is 0 Å². The van der Waals surface area contributed by atoms with Crippen LogP contribution in [0.25, 0.3) is 0 Å². The van der Waals surface area contributed by atoms with E-state index < -0.39 is 17.9 Å². The summed E-state index contributed by atoms with van der Waals surface area (Å²) in [6, 6.07) is 3.05. The Balaban J connectivity index is 2.65. The molecular weight excluding hydrogens is 420 g/mol. The second-order valence-electron chi connectivity index (χ2n) is 6.78. The third-order valence-corrected chi connectivity index (χ3v) is 4.94. The predicted molar refractivity (Wildman–Crippen MR) is 114 cm³/mol. The third-order valence-electron chi connectivity index (χ3n) is 4.94. The van der Waals surface area contributed by atoms with E-state index in [0.29, 0.717) is 16.7 Å². The number of carbonyl (C=O) groups excluding carboxylic acids is 3. The molecule has 0 atom stereocenters. The van der Waals surface area contributed by atoms with Crippen LogP contribution in [-0.4, -0.2) is 53.5 Å². The SMILES string of the molecule is COC(=O)c1c(C)cc(OC(=O)c2c(C)cc(OC)c(C(=O)OC)c2OC)c(C)c1OC. The summed E-state index contributed by atoms with van der Waals surface area (Å²) in [7, 11) is 6.59. The molecule has 0 saturated carbocycles. The molecule has 0 saturated heterocycles. The van der Waals surface area contributed by atoms with E-state index in [-0.39, 0.29) is 39.7 Å². The molecule has 0 aromatic heterocycles. The van der Waals surface area contributed by atoms with Crippen LogP contribution in [0, 0.1) is 20.8 Å². The Morgan fingerprint density at radius 2 is 1.06 bits per heavy atom. The number of benzene rings is 2. The van der Waals surface area contributed by atoms with Crippen LogP contribution in [0.15, 0.2) is 12.1 Å². The van der Waals surface area contributed by atoms with Crippen molar-refractivity contribution in [2.24, 2.45) is 0 Å². The van der Waals surface area contributed by atoms with Crippen molar-refractivity contribution in [1.29, 1.82) is 0 Å². The van der Waals surface area contributed by atoms with Crippen LogP contribution in [0.4, 0.5) is 0 Å². The minimum atomic E-state index is -0.775. The lowest BCUT2D eigenvalue weighted by Gasteiger charge is -2.19. The van der Waals surface area contributed by atoms with Crippen molar-refractivity contribution in [1.82, 2.24) is 0 Å². The van der Waals surface area contributed by atoms with Gasteiger partial charge in [-0.25, -0.2) is 14.4 Å². The molecule has 172 valence electrons. The smallest absolute Gasteiger partial charge is 0.347 e. The first kappa shape index (κ1) is 24.5. The van der Waals surface area contributed by atoms with Crippen molar-refractivity contribution >= 4 is 17.9 Å². The Bertz CT molecular complexity index is 1070. The van der Waals surface area contributed by atoms with E-state index in [4.69, 9.17) is 28.4 Å². The van der Waals surface area contributed by atoms with Gasteiger partial charge < -0.3 is 28.4 Å². The molecule has 0 aliphatic heterocycles. The largest absolute Gasteiger partial charge is 0.496 e. The van der Waals surface area contributed by atoms with Crippen LogP contribution in [0.1, 0.15) is 47.8 Å². The molecule has 32 heavy (non-hydrogen) atoms. The Morgan fingerprint density at radius 3 is 1.53 bits per heavy atom. The molecule has 9 heteroatoms. The van der Waals surface area contributed by atoms with E-state index in [2.05, 4.69) is 0 Å². The zero-order valence-corrected chi connectivity index (χ0v) is 19.3. The number of methoxy groups -OCH3 is 5. The van der Waals surface area contributed by atoms with Gasteiger partial charge in [0.1, 0.15) is 33.9 Å². The van der Waals surface area contributed by atoms with E-state index in [9.17, 15) is 14.4 Å². The van der Waals surface area contributed by atoms with E-state index >= 15 is 0 Å². The maximum absolute atomic E-state index is 13.2. The standard InChI is InChI=1S/C23H26O9/c1-11-9-14(13(3)19(28-5)16(11)21(24)30-7)32-23(26)17-12(2)10-15(27-4)18(20(17)29-6)22(25)31-8/h9-10H,1-8H3. The van der Waals surface area contributed by atoms with Crippen LogP contribution < -0.4 is 18.9 Å². The molecule has 9 nitrogen and oxygen atoms in total. The summed E-state index contributed by atoms with van der Waals surface area (Å²) in [5.41, 5.74) is 1.60. The molecule has 0 fully saturated rings. The second-order valence-corrected chi connectivity index (χ2v) is 6.78. The summed E-state index contributed by atoms with van der Waals surface area (Å²) in [5.74, 6) is -1.52. The quantitative estimate of drug-likeness (QED) is 0.467. The second kappa shape index (κ2) is 10.0. The van der Waals surface area contributed by atoms with E-state index in [1.807, 2.05) is 0 Å². The highest BCUT2D eigenvalue weighted by molar-refractivity contribution is 6.04. The van der Waals surface area contributed by atoms with Crippen molar-refractivity contribution in [2.75, 3.05) is 35.5 Å². The van der Waals surface area contributed by atoms with Gasteiger partial charge in [-0.3, -0.25) is 0 Å². The highest BCUT2D eigenvalue weighted by Gasteiger charge is 2.30. The van der Waals surface area contributed by atoms with Gasteiger partial charge in [0.25, 0.3) is 0 Å². The highest BCUT2D eigenvalue weighted by Crippen LogP contribution is 2.38. The molecule has 0 radical (unpaired) electrons. The summed E-state index contributed by atoms with van der Waals surface area (Å²) >= 11 is 0. The zero-order valence-electron chi connectivity index (χ0n) is 19.3. The number of rotatable bonds is 7. The van der Waals surface area contributed by atoms with E-state index in [1.165, 1.54) is 47.7 Å². The molecule has 0 aliphatic carbocycles. The first-order valence-corrected chi connectivity index (χ1v) is 9.49. The average molecular weight is 446 g/mol. The third kappa shape index (κ3) is 4.32. The Kier molecular flexibility index (Phi) is 7.69. The first-order chi connectivity index (χ1) is 15.2. The maximum atomic E-state index is 13.2. The zero-order chi connectivity index (χ0) is 24.2. The average Bonchev–Trinajstić information content (AvgIpc) is 2.78.